The van der Waals surface area contributed by atoms with E-state index < -0.39 is 28.9 Å². The van der Waals surface area contributed by atoms with Gasteiger partial charge in [-0.3, -0.25) is 14.4 Å². The van der Waals surface area contributed by atoms with Gasteiger partial charge in [0.1, 0.15) is 18.8 Å². The van der Waals surface area contributed by atoms with Crippen LogP contribution in [0.15, 0.2) is 60.7 Å². The molecular weight excluding hydrogens is 396 g/mol. The summed E-state index contributed by atoms with van der Waals surface area (Å²) in [4.78, 5) is 39.5. The number of hydrogen-bond donors (Lipinski definition) is 0. The molecule has 0 radical (unpaired) electrons. The highest BCUT2D eigenvalue weighted by Gasteiger charge is 2.57. The SMILES string of the molecule is CCCC(C(=O)OCc1ccccc1)(C(=O)OCc1ccccc1)C(=O)OC(C)(C)C. The quantitative estimate of drug-likeness (QED) is 0.331. The number of hydrogen-bond acceptors (Lipinski definition) is 6. The van der Waals surface area contributed by atoms with Gasteiger partial charge >= 0.3 is 17.9 Å². The van der Waals surface area contributed by atoms with Crippen LogP contribution in [0.2, 0.25) is 0 Å². The van der Waals surface area contributed by atoms with Gasteiger partial charge in [0, 0.05) is 0 Å². The molecule has 2 rings (SSSR count). The lowest BCUT2D eigenvalue weighted by Gasteiger charge is -2.30. The molecule has 0 N–H and O–H groups in total. The highest BCUT2D eigenvalue weighted by molar-refractivity contribution is 6.18. The molecule has 0 spiro atoms. The third kappa shape index (κ3) is 6.67. The first-order chi connectivity index (χ1) is 14.7. The molecule has 0 bridgehead atoms. The first-order valence-corrected chi connectivity index (χ1v) is 10.3. The Morgan fingerprint density at radius 1 is 0.710 bits per heavy atom. The molecule has 0 aromatic heterocycles. The summed E-state index contributed by atoms with van der Waals surface area (Å²) in [6, 6.07) is 18.1. The van der Waals surface area contributed by atoms with E-state index in [0.29, 0.717) is 6.42 Å². The van der Waals surface area contributed by atoms with Crippen molar-refractivity contribution in [3.63, 3.8) is 0 Å². The highest BCUT2D eigenvalue weighted by Crippen LogP contribution is 2.32. The van der Waals surface area contributed by atoms with Crippen molar-refractivity contribution >= 4 is 17.9 Å². The van der Waals surface area contributed by atoms with Crippen molar-refractivity contribution in [1.82, 2.24) is 0 Å². The molecule has 2 aromatic carbocycles. The normalized spacial score (nSPS) is 11.5. The summed E-state index contributed by atoms with van der Waals surface area (Å²) < 4.78 is 16.3. The van der Waals surface area contributed by atoms with Gasteiger partial charge in [0.15, 0.2) is 0 Å². The third-order valence-electron chi connectivity index (χ3n) is 4.49. The van der Waals surface area contributed by atoms with Gasteiger partial charge in [-0.25, -0.2) is 0 Å². The number of ether oxygens (including phenoxy) is 3. The van der Waals surface area contributed by atoms with Crippen molar-refractivity contribution in [1.29, 1.82) is 0 Å². The van der Waals surface area contributed by atoms with Gasteiger partial charge in [-0.15, -0.1) is 0 Å². The standard InChI is InChI=1S/C25H30O6/c1-5-16-25(23(28)31-24(2,3)4,21(26)29-17-19-12-8-6-9-13-19)22(27)30-18-20-14-10-7-11-15-20/h6-15H,5,16-18H2,1-4H3. The van der Waals surface area contributed by atoms with Gasteiger partial charge in [-0.2, -0.15) is 0 Å². The molecule has 31 heavy (non-hydrogen) atoms. The van der Waals surface area contributed by atoms with Crippen LogP contribution in [0.3, 0.4) is 0 Å². The Hall–Kier alpha value is -3.15. The molecule has 0 heterocycles. The van der Waals surface area contributed by atoms with Crippen LogP contribution in [0.5, 0.6) is 0 Å². The van der Waals surface area contributed by atoms with Crippen LogP contribution < -0.4 is 0 Å². The van der Waals surface area contributed by atoms with Gasteiger partial charge in [0.05, 0.1) is 0 Å². The maximum atomic E-state index is 13.2. The lowest BCUT2D eigenvalue weighted by atomic mass is 9.83. The van der Waals surface area contributed by atoms with E-state index in [1.807, 2.05) is 36.4 Å². The summed E-state index contributed by atoms with van der Waals surface area (Å²) in [5.41, 5.74) is -1.60. The van der Waals surface area contributed by atoms with E-state index >= 15 is 0 Å². The monoisotopic (exact) mass is 426 g/mol. The number of carbonyl (C=O) groups is 3. The maximum Gasteiger partial charge on any atom is 0.335 e. The summed E-state index contributed by atoms with van der Waals surface area (Å²) in [7, 11) is 0. The zero-order valence-electron chi connectivity index (χ0n) is 18.6. The van der Waals surface area contributed by atoms with E-state index in [1.54, 1.807) is 52.0 Å². The summed E-state index contributed by atoms with van der Waals surface area (Å²) in [5.74, 6) is -2.89. The van der Waals surface area contributed by atoms with E-state index in [0.717, 1.165) is 11.1 Å². The predicted octanol–water partition coefficient (Wildman–Crippen LogP) is 4.60. The van der Waals surface area contributed by atoms with Gasteiger partial charge in [-0.1, -0.05) is 74.0 Å². The van der Waals surface area contributed by atoms with Crippen molar-refractivity contribution in [3.8, 4) is 0 Å². The number of esters is 3. The third-order valence-corrected chi connectivity index (χ3v) is 4.49. The number of carbonyl (C=O) groups excluding carboxylic acids is 3. The molecule has 166 valence electrons. The van der Waals surface area contributed by atoms with Gasteiger partial charge < -0.3 is 14.2 Å². The van der Waals surface area contributed by atoms with Crippen molar-refractivity contribution < 1.29 is 28.6 Å². The molecule has 0 aliphatic heterocycles. The molecule has 0 aliphatic carbocycles. The Bertz CT molecular complexity index is 812. The van der Waals surface area contributed by atoms with Gasteiger partial charge in [0.25, 0.3) is 5.41 Å². The molecule has 6 nitrogen and oxygen atoms in total. The van der Waals surface area contributed by atoms with Crippen LogP contribution in [0, 0.1) is 5.41 Å². The fourth-order valence-electron chi connectivity index (χ4n) is 2.99. The van der Waals surface area contributed by atoms with Crippen molar-refractivity contribution in [2.45, 2.75) is 59.4 Å². The molecule has 0 fully saturated rings. The number of rotatable bonds is 9. The molecule has 0 aliphatic rings. The fraction of sp³-hybridized carbons (Fsp3) is 0.400. The summed E-state index contributed by atoms with van der Waals surface area (Å²) >= 11 is 0. The second-order valence-electron chi connectivity index (χ2n) is 8.28. The molecule has 0 atom stereocenters. The zero-order chi connectivity index (χ0) is 22.9. The molecule has 6 heteroatoms. The Labute approximate surface area is 183 Å². The minimum absolute atomic E-state index is 0.0695. The van der Waals surface area contributed by atoms with Crippen LogP contribution >= 0.6 is 0 Å². The van der Waals surface area contributed by atoms with Crippen molar-refractivity contribution in [2.24, 2.45) is 5.41 Å². The maximum absolute atomic E-state index is 13.2. The second kappa shape index (κ2) is 10.8. The van der Waals surface area contributed by atoms with E-state index in [-0.39, 0.29) is 19.6 Å². The number of benzene rings is 2. The Kier molecular flexibility index (Phi) is 8.37. The van der Waals surface area contributed by atoms with Crippen LogP contribution in [-0.2, 0) is 41.8 Å². The largest absolute Gasteiger partial charge is 0.460 e. The lowest BCUT2D eigenvalue weighted by molar-refractivity contribution is -0.191. The van der Waals surface area contributed by atoms with Crippen molar-refractivity contribution in [3.05, 3.63) is 71.8 Å². The first-order valence-electron chi connectivity index (χ1n) is 10.3. The molecule has 0 amide bonds. The van der Waals surface area contributed by atoms with Crippen LogP contribution in [0.4, 0.5) is 0 Å². The molecule has 0 unspecified atom stereocenters. The average Bonchev–Trinajstić information content (AvgIpc) is 2.74. The molecular formula is C25H30O6. The van der Waals surface area contributed by atoms with Crippen molar-refractivity contribution in [2.75, 3.05) is 0 Å². The molecule has 2 aromatic rings. The van der Waals surface area contributed by atoms with E-state index in [1.165, 1.54) is 0 Å². The predicted molar refractivity (Wildman–Crippen MR) is 116 cm³/mol. The summed E-state index contributed by atoms with van der Waals surface area (Å²) in [5, 5.41) is 0. The Morgan fingerprint density at radius 3 is 1.48 bits per heavy atom. The first kappa shape index (κ1) is 24.1. The van der Waals surface area contributed by atoms with Crippen LogP contribution in [0.25, 0.3) is 0 Å². The lowest BCUT2D eigenvalue weighted by Crippen LogP contribution is -2.51. The summed E-state index contributed by atoms with van der Waals surface area (Å²) in [6.45, 7) is 6.65. The minimum Gasteiger partial charge on any atom is -0.460 e. The molecule has 0 saturated carbocycles. The van der Waals surface area contributed by atoms with E-state index in [9.17, 15) is 14.4 Å². The fourth-order valence-corrected chi connectivity index (χ4v) is 2.99. The highest BCUT2D eigenvalue weighted by atomic mass is 16.6. The molecule has 0 saturated heterocycles. The zero-order valence-corrected chi connectivity index (χ0v) is 18.6. The van der Waals surface area contributed by atoms with E-state index in [4.69, 9.17) is 14.2 Å². The second-order valence-corrected chi connectivity index (χ2v) is 8.28. The summed E-state index contributed by atoms with van der Waals surface area (Å²) in [6.07, 6.45) is 0.295. The van der Waals surface area contributed by atoms with Gasteiger partial charge in [0.2, 0.25) is 0 Å². The Morgan fingerprint density at radius 2 is 1.13 bits per heavy atom. The van der Waals surface area contributed by atoms with Crippen LogP contribution in [-0.4, -0.2) is 23.5 Å². The Balaban J connectivity index is 2.30. The minimum atomic E-state index is -2.19. The van der Waals surface area contributed by atoms with E-state index in [2.05, 4.69) is 0 Å². The van der Waals surface area contributed by atoms with Crippen LogP contribution in [0.1, 0.15) is 51.7 Å². The van der Waals surface area contributed by atoms with Gasteiger partial charge in [-0.05, 0) is 38.3 Å². The smallest absolute Gasteiger partial charge is 0.335 e. The topological polar surface area (TPSA) is 78.9 Å². The average molecular weight is 427 g/mol.